The third-order valence-electron chi connectivity index (χ3n) is 8.07. The Kier molecular flexibility index (Phi) is 7.08. The van der Waals surface area contributed by atoms with Gasteiger partial charge in [-0.15, -0.1) is 11.3 Å². The van der Waals surface area contributed by atoms with Crippen LogP contribution in [0.15, 0.2) is 61.1 Å². The van der Waals surface area contributed by atoms with E-state index in [4.69, 9.17) is 0 Å². The molecule has 6 aromatic rings. The first kappa shape index (κ1) is 27.2. The Morgan fingerprint density at radius 1 is 1.00 bits per heavy atom. The second kappa shape index (κ2) is 11.2. The number of anilines is 1. The van der Waals surface area contributed by atoms with Crippen molar-refractivity contribution in [3.63, 3.8) is 0 Å². The number of carbonyl (C=O) groups is 2. The van der Waals surface area contributed by atoms with E-state index in [1.165, 1.54) is 11.3 Å². The van der Waals surface area contributed by atoms with Crippen LogP contribution in [-0.2, 0) is 4.79 Å². The average Bonchev–Trinajstić information content (AvgIpc) is 3.75. The van der Waals surface area contributed by atoms with Crippen LogP contribution < -0.4 is 10.6 Å². The molecule has 0 atom stereocenters. The molecule has 216 valence electrons. The summed E-state index contributed by atoms with van der Waals surface area (Å²) in [6.45, 7) is 5.57. The number of ketones is 1. The van der Waals surface area contributed by atoms with E-state index in [1.54, 1.807) is 13.1 Å². The molecular formula is C33H31N7O2S. The summed E-state index contributed by atoms with van der Waals surface area (Å²) in [4.78, 5) is 39.0. The average molecular weight is 590 g/mol. The smallest absolute Gasteiger partial charge is 0.224 e. The number of hydrogen-bond donors (Lipinski definition) is 4. The molecular weight excluding hydrogens is 558 g/mol. The van der Waals surface area contributed by atoms with Gasteiger partial charge in [-0.3, -0.25) is 19.7 Å². The van der Waals surface area contributed by atoms with Gasteiger partial charge in [-0.2, -0.15) is 5.10 Å². The first-order chi connectivity index (χ1) is 20.9. The first-order valence-corrected chi connectivity index (χ1v) is 15.3. The fourth-order valence-corrected chi connectivity index (χ4v) is 6.82. The largest absolute Gasteiger partial charge is 0.352 e. The van der Waals surface area contributed by atoms with E-state index >= 15 is 0 Å². The second-order valence-corrected chi connectivity index (χ2v) is 12.4. The summed E-state index contributed by atoms with van der Waals surface area (Å²) >= 11 is 1.47. The summed E-state index contributed by atoms with van der Waals surface area (Å²) in [6.07, 6.45) is 8.07. The number of aromatic amines is 2. The molecule has 4 N–H and O–H groups in total. The molecule has 0 aliphatic carbocycles. The maximum absolute atomic E-state index is 12.8. The molecule has 10 heteroatoms. The van der Waals surface area contributed by atoms with Gasteiger partial charge in [-0.05, 0) is 93.2 Å². The zero-order valence-electron chi connectivity index (χ0n) is 24.0. The predicted molar refractivity (Wildman–Crippen MR) is 171 cm³/mol. The van der Waals surface area contributed by atoms with Gasteiger partial charge < -0.3 is 15.6 Å². The number of fused-ring (bicyclic) bond motifs is 2. The highest BCUT2D eigenvalue weighted by Crippen LogP contribution is 2.37. The zero-order valence-corrected chi connectivity index (χ0v) is 24.8. The first-order valence-electron chi connectivity index (χ1n) is 14.5. The summed E-state index contributed by atoms with van der Waals surface area (Å²) in [7, 11) is 0. The number of rotatable bonds is 7. The van der Waals surface area contributed by atoms with Crippen LogP contribution in [0, 0.1) is 12.8 Å². The minimum atomic E-state index is 0.0544. The Hall–Kier alpha value is -4.67. The van der Waals surface area contributed by atoms with Gasteiger partial charge in [0.2, 0.25) is 5.91 Å². The molecule has 1 aliphatic heterocycles. The summed E-state index contributed by atoms with van der Waals surface area (Å²) in [5.41, 5.74) is 7.91. The molecule has 1 saturated heterocycles. The molecule has 1 aliphatic rings. The van der Waals surface area contributed by atoms with Crippen LogP contribution in [0.3, 0.4) is 0 Å². The van der Waals surface area contributed by atoms with Gasteiger partial charge in [-0.1, -0.05) is 6.07 Å². The summed E-state index contributed by atoms with van der Waals surface area (Å²) in [5.74, 6) is 0.539. The highest BCUT2D eigenvalue weighted by atomic mass is 32.1. The minimum Gasteiger partial charge on any atom is -0.352 e. The topological polar surface area (TPSA) is 128 Å². The van der Waals surface area contributed by atoms with Crippen molar-refractivity contribution in [2.75, 3.05) is 18.4 Å². The number of aryl methyl sites for hydroxylation is 1. The van der Waals surface area contributed by atoms with Crippen molar-refractivity contribution >= 4 is 50.7 Å². The number of amides is 1. The number of carbonyl (C=O) groups excluding carboxylic acids is 2. The van der Waals surface area contributed by atoms with Gasteiger partial charge >= 0.3 is 0 Å². The van der Waals surface area contributed by atoms with Crippen molar-refractivity contribution in [3.05, 3.63) is 71.5 Å². The van der Waals surface area contributed by atoms with Gasteiger partial charge in [0.15, 0.2) is 11.4 Å². The molecule has 0 spiro atoms. The lowest BCUT2D eigenvalue weighted by Gasteiger charge is -2.22. The van der Waals surface area contributed by atoms with Crippen LogP contribution in [0.1, 0.15) is 41.4 Å². The van der Waals surface area contributed by atoms with E-state index in [2.05, 4.69) is 54.0 Å². The van der Waals surface area contributed by atoms with Crippen LogP contribution in [0.2, 0.25) is 0 Å². The lowest BCUT2D eigenvalue weighted by Crippen LogP contribution is -2.30. The van der Waals surface area contributed by atoms with Crippen molar-refractivity contribution in [3.8, 4) is 33.0 Å². The van der Waals surface area contributed by atoms with Gasteiger partial charge in [0.25, 0.3) is 0 Å². The lowest BCUT2D eigenvalue weighted by atomic mass is 9.94. The van der Waals surface area contributed by atoms with E-state index in [0.29, 0.717) is 18.0 Å². The van der Waals surface area contributed by atoms with Gasteiger partial charge in [0.1, 0.15) is 0 Å². The van der Waals surface area contributed by atoms with Gasteiger partial charge in [-0.25, -0.2) is 4.98 Å². The number of H-pyrrole nitrogens is 2. The fraction of sp³-hybridized carbons (Fsp3) is 0.242. The monoisotopic (exact) mass is 589 g/mol. The van der Waals surface area contributed by atoms with Crippen LogP contribution in [0.25, 0.3) is 54.9 Å². The number of aromatic nitrogens is 5. The van der Waals surface area contributed by atoms with Crippen molar-refractivity contribution in [2.45, 2.75) is 33.1 Å². The fourth-order valence-electron chi connectivity index (χ4n) is 5.90. The Morgan fingerprint density at radius 3 is 2.67 bits per heavy atom. The van der Waals surface area contributed by atoms with E-state index in [9.17, 15) is 9.59 Å². The van der Waals surface area contributed by atoms with E-state index in [0.717, 1.165) is 91.3 Å². The number of Topliss-reactive ketones (excluding diaryl/α,β-unsaturated/α-hetero) is 1. The normalized spacial score (nSPS) is 14.0. The molecule has 1 fully saturated rings. The highest BCUT2D eigenvalue weighted by Gasteiger charge is 2.19. The molecule has 1 aromatic carbocycles. The van der Waals surface area contributed by atoms with E-state index in [-0.39, 0.29) is 11.7 Å². The maximum Gasteiger partial charge on any atom is 0.224 e. The number of piperidine rings is 1. The van der Waals surface area contributed by atoms with E-state index in [1.807, 2.05) is 43.6 Å². The number of nitrogens with zero attached hydrogens (tertiary/aromatic N) is 3. The van der Waals surface area contributed by atoms with Crippen molar-refractivity contribution < 1.29 is 9.59 Å². The summed E-state index contributed by atoms with van der Waals surface area (Å²) in [5, 5.41) is 16.0. The number of nitrogens with one attached hydrogen (secondary N) is 4. The Labute approximate surface area is 252 Å². The third kappa shape index (κ3) is 5.47. The molecule has 0 unspecified atom stereocenters. The minimum absolute atomic E-state index is 0.0544. The lowest BCUT2D eigenvalue weighted by molar-refractivity contribution is -0.117. The Balaban J connectivity index is 1.20. The molecule has 9 nitrogen and oxygen atoms in total. The SMILES string of the molecule is CC(=O)c1ccc(-c2cncc3[nH]c(-c4[nH]nc5ncc(-c6cc(C)cc(NC(=O)CC7CCNCC7)c6)cc45)cc23)s1. The van der Waals surface area contributed by atoms with Crippen LogP contribution in [0.5, 0.6) is 0 Å². The van der Waals surface area contributed by atoms with Crippen LogP contribution in [-0.4, -0.2) is 49.9 Å². The highest BCUT2D eigenvalue weighted by molar-refractivity contribution is 7.17. The quantitative estimate of drug-likeness (QED) is 0.153. The number of thiophene rings is 1. The van der Waals surface area contributed by atoms with Crippen molar-refractivity contribution in [1.29, 1.82) is 0 Å². The number of hydrogen-bond acceptors (Lipinski definition) is 7. The van der Waals surface area contributed by atoms with Crippen molar-refractivity contribution in [1.82, 2.24) is 30.5 Å². The molecule has 0 bridgehead atoms. The molecule has 0 radical (unpaired) electrons. The number of pyridine rings is 2. The van der Waals surface area contributed by atoms with E-state index < -0.39 is 0 Å². The second-order valence-electron chi connectivity index (χ2n) is 11.3. The zero-order chi connectivity index (χ0) is 29.5. The molecule has 6 heterocycles. The standard InChI is InChI=1S/C33H31N7O2S/c1-18-9-21(12-23(10-18)37-31(42)11-20-5-7-34-8-6-20)22-13-25-32(39-40-33(25)36-15-22)27-14-24-26(16-35-17-28(24)38-27)30-4-3-29(43-30)19(2)41/h3-4,9-10,12-17,20,34,38H,5-8,11H2,1-2H3,(H,37,42)(H,36,39,40). The van der Waals surface area contributed by atoms with Gasteiger partial charge in [0, 0.05) is 51.3 Å². The number of benzene rings is 1. The molecule has 7 rings (SSSR count). The summed E-state index contributed by atoms with van der Waals surface area (Å²) in [6, 6.07) is 14.1. The summed E-state index contributed by atoms with van der Waals surface area (Å²) < 4.78 is 0. The molecule has 1 amide bonds. The predicted octanol–water partition coefficient (Wildman–Crippen LogP) is 6.74. The Bertz CT molecular complexity index is 2000. The van der Waals surface area contributed by atoms with Crippen LogP contribution in [0.4, 0.5) is 5.69 Å². The molecule has 5 aromatic heterocycles. The third-order valence-corrected chi connectivity index (χ3v) is 9.29. The maximum atomic E-state index is 12.8. The molecule has 43 heavy (non-hydrogen) atoms. The van der Waals surface area contributed by atoms with Gasteiger partial charge in [0.05, 0.1) is 28.0 Å². The van der Waals surface area contributed by atoms with Crippen LogP contribution >= 0.6 is 11.3 Å². The van der Waals surface area contributed by atoms with Crippen molar-refractivity contribution in [2.24, 2.45) is 5.92 Å². The molecule has 0 saturated carbocycles. The Morgan fingerprint density at radius 2 is 1.86 bits per heavy atom.